The van der Waals surface area contributed by atoms with Gasteiger partial charge < -0.3 is 15.4 Å². The van der Waals surface area contributed by atoms with E-state index in [0.29, 0.717) is 22.8 Å². The van der Waals surface area contributed by atoms with Gasteiger partial charge in [-0.2, -0.15) is 0 Å². The first kappa shape index (κ1) is 25.6. The summed E-state index contributed by atoms with van der Waals surface area (Å²) in [6.45, 7) is 1.83. The van der Waals surface area contributed by atoms with Gasteiger partial charge in [0.1, 0.15) is 0 Å². The number of pyridine rings is 1. The lowest BCUT2D eigenvalue weighted by molar-refractivity contribution is 0.430. The largest absolute Gasteiger partial charge is 0.435 e. The number of benzene rings is 2. The molecule has 1 aliphatic rings. The lowest BCUT2D eigenvalue weighted by Gasteiger charge is -2.23. The zero-order valence-electron chi connectivity index (χ0n) is 20.5. The molecule has 38 heavy (non-hydrogen) atoms. The molecule has 196 valence electrons. The van der Waals surface area contributed by atoms with Gasteiger partial charge in [0, 0.05) is 25.0 Å². The summed E-state index contributed by atoms with van der Waals surface area (Å²) in [6, 6.07) is 18.4. The number of rotatable bonds is 9. The fourth-order valence-electron chi connectivity index (χ4n) is 4.17. The quantitative estimate of drug-likeness (QED) is 0.286. The molecule has 3 N–H and O–H groups in total. The van der Waals surface area contributed by atoms with Crippen LogP contribution in [0.4, 0.5) is 16.0 Å². The zero-order valence-corrected chi connectivity index (χ0v) is 21.3. The number of aromatic nitrogens is 3. The molecule has 11 heteroatoms. The van der Waals surface area contributed by atoms with Gasteiger partial charge in [0.2, 0.25) is 21.9 Å². The van der Waals surface area contributed by atoms with E-state index >= 15 is 4.39 Å². The van der Waals surface area contributed by atoms with Crippen molar-refractivity contribution in [2.24, 2.45) is 0 Å². The number of ether oxygens (including phenoxy) is 1. The van der Waals surface area contributed by atoms with Crippen LogP contribution in [0.1, 0.15) is 18.4 Å². The summed E-state index contributed by atoms with van der Waals surface area (Å²) in [7, 11) is -3.86. The van der Waals surface area contributed by atoms with Crippen molar-refractivity contribution in [3.63, 3.8) is 0 Å². The van der Waals surface area contributed by atoms with Crippen molar-refractivity contribution < 1.29 is 17.5 Å². The second-order valence-electron chi connectivity index (χ2n) is 8.88. The molecule has 1 atom stereocenters. The van der Waals surface area contributed by atoms with Crippen LogP contribution in [0, 0.1) is 5.82 Å². The number of anilines is 2. The Balaban J connectivity index is 1.36. The standard InChI is InChI=1S/C27H27FN6O3S/c28-25-23(34-38(35,36)18-19-7-2-1-3-8-19)11-4-12-24(25)37-26-21(10-6-15-30-26)22-13-16-31-27(33-22)32-20-9-5-14-29-17-20/h1-4,6-8,10-13,15-16,20,29,34H,5,9,14,17-18H2,(H,31,32,33)/t20-/m0/s1. The molecule has 1 saturated heterocycles. The first-order valence-electron chi connectivity index (χ1n) is 12.2. The Morgan fingerprint density at radius 3 is 2.68 bits per heavy atom. The maximum Gasteiger partial charge on any atom is 0.237 e. The van der Waals surface area contributed by atoms with E-state index in [-0.39, 0.29) is 29.1 Å². The molecular formula is C27H27FN6O3S. The molecule has 1 fully saturated rings. The van der Waals surface area contributed by atoms with E-state index in [0.717, 1.165) is 25.9 Å². The molecule has 0 saturated carbocycles. The van der Waals surface area contributed by atoms with Crippen molar-refractivity contribution in [1.82, 2.24) is 20.3 Å². The molecule has 0 aliphatic carbocycles. The van der Waals surface area contributed by atoms with Gasteiger partial charge in [-0.3, -0.25) is 4.72 Å². The Labute approximate surface area is 220 Å². The molecule has 2 aromatic heterocycles. The topological polar surface area (TPSA) is 118 Å². The number of sulfonamides is 1. The van der Waals surface area contributed by atoms with E-state index in [1.807, 2.05) is 0 Å². The summed E-state index contributed by atoms with van der Waals surface area (Å²) >= 11 is 0. The highest BCUT2D eigenvalue weighted by molar-refractivity contribution is 7.91. The van der Waals surface area contributed by atoms with Crippen molar-refractivity contribution in [1.29, 1.82) is 0 Å². The predicted molar refractivity (Wildman–Crippen MR) is 144 cm³/mol. The Hall–Kier alpha value is -4.09. The summed E-state index contributed by atoms with van der Waals surface area (Å²) in [5, 5.41) is 6.69. The minimum atomic E-state index is -3.86. The van der Waals surface area contributed by atoms with Gasteiger partial charge in [-0.15, -0.1) is 0 Å². The van der Waals surface area contributed by atoms with Crippen LogP contribution in [0.25, 0.3) is 11.3 Å². The molecule has 0 bridgehead atoms. The predicted octanol–water partition coefficient (Wildman–Crippen LogP) is 4.58. The molecule has 1 aliphatic heterocycles. The van der Waals surface area contributed by atoms with E-state index in [1.54, 1.807) is 54.7 Å². The molecule has 0 spiro atoms. The maximum atomic E-state index is 15.4. The van der Waals surface area contributed by atoms with Crippen molar-refractivity contribution in [2.45, 2.75) is 24.6 Å². The highest BCUT2D eigenvalue weighted by Crippen LogP contribution is 2.34. The second-order valence-corrected chi connectivity index (χ2v) is 10.6. The van der Waals surface area contributed by atoms with Gasteiger partial charge in [0.25, 0.3) is 0 Å². The number of halogens is 1. The van der Waals surface area contributed by atoms with Crippen LogP contribution in [-0.4, -0.2) is 42.5 Å². The molecule has 0 unspecified atom stereocenters. The second kappa shape index (κ2) is 11.5. The Morgan fingerprint density at radius 2 is 1.87 bits per heavy atom. The monoisotopic (exact) mass is 534 g/mol. The molecule has 0 amide bonds. The van der Waals surface area contributed by atoms with Crippen LogP contribution in [-0.2, 0) is 15.8 Å². The van der Waals surface area contributed by atoms with E-state index in [4.69, 9.17) is 4.74 Å². The van der Waals surface area contributed by atoms with Gasteiger partial charge in [0.15, 0.2) is 11.6 Å². The molecule has 9 nitrogen and oxygen atoms in total. The molecule has 0 radical (unpaired) electrons. The average molecular weight is 535 g/mol. The third kappa shape index (κ3) is 6.42. The number of nitrogens with zero attached hydrogens (tertiary/aromatic N) is 3. The third-order valence-corrected chi connectivity index (χ3v) is 7.21. The van der Waals surface area contributed by atoms with Crippen LogP contribution in [0.2, 0.25) is 0 Å². The van der Waals surface area contributed by atoms with Crippen LogP contribution in [0.3, 0.4) is 0 Å². The van der Waals surface area contributed by atoms with Crippen molar-refractivity contribution in [2.75, 3.05) is 23.1 Å². The smallest absolute Gasteiger partial charge is 0.237 e. The minimum absolute atomic E-state index is 0.125. The fourth-order valence-corrected chi connectivity index (χ4v) is 5.37. The van der Waals surface area contributed by atoms with E-state index in [9.17, 15) is 8.42 Å². The SMILES string of the molecule is O=S(=O)(Cc1ccccc1)Nc1cccc(Oc2ncccc2-c2ccnc(N[C@H]3CCCNC3)n2)c1F. The van der Waals surface area contributed by atoms with Gasteiger partial charge >= 0.3 is 0 Å². The normalized spacial score (nSPS) is 15.6. The highest BCUT2D eigenvalue weighted by atomic mass is 32.2. The lowest BCUT2D eigenvalue weighted by Crippen LogP contribution is -2.38. The Bertz CT molecular complexity index is 1500. The summed E-state index contributed by atoms with van der Waals surface area (Å²) < 4.78 is 48.8. The van der Waals surface area contributed by atoms with Crippen molar-refractivity contribution in [3.05, 3.63) is 90.5 Å². The Morgan fingerprint density at radius 1 is 1.00 bits per heavy atom. The highest BCUT2D eigenvalue weighted by Gasteiger charge is 2.19. The molecular weight excluding hydrogens is 507 g/mol. The van der Waals surface area contributed by atoms with E-state index < -0.39 is 15.8 Å². The minimum Gasteiger partial charge on any atom is -0.435 e. The van der Waals surface area contributed by atoms with Crippen LogP contribution in [0.5, 0.6) is 11.6 Å². The number of hydrogen-bond acceptors (Lipinski definition) is 8. The van der Waals surface area contributed by atoms with E-state index in [2.05, 4.69) is 30.3 Å². The van der Waals surface area contributed by atoms with Crippen LogP contribution in [0.15, 0.2) is 79.1 Å². The van der Waals surface area contributed by atoms with Gasteiger partial charge in [-0.25, -0.2) is 27.8 Å². The summed E-state index contributed by atoms with van der Waals surface area (Å²) in [5.74, 6) is -0.711. The average Bonchev–Trinajstić information content (AvgIpc) is 2.92. The number of piperidine rings is 1. The summed E-state index contributed by atoms with van der Waals surface area (Å²) in [4.78, 5) is 13.2. The lowest BCUT2D eigenvalue weighted by atomic mass is 10.1. The zero-order chi connectivity index (χ0) is 26.4. The van der Waals surface area contributed by atoms with Crippen molar-refractivity contribution in [3.8, 4) is 22.9 Å². The third-order valence-electron chi connectivity index (χ3n) is 5.97. The molecule has 5 rings (SSSR count). The molecule has 4 aromatic rings. The molecule has 2 aromatic carbocycles. The van der Waals surface area contributed by atoms with E-state index in [1.165, 1.54) is 24.4 Å². The number of hydrogen-bond donors (Lipinski definition) is 3. The summed E-state index contributed by atoms with van der Waals surface area (Å²) in [5.41, 5.74) is 1.46. The first-order valence-corrected chi connectivity index (χ1v) is 13.9. The fraction of sp³-hybridized carbons (Fsp3) is 0.222. The van der Waals surface area contributed by atoms with Gasteiger partial charge in [0.05, 0.1) is 22.7 Å². The van der Waals surface area contributed by atoms with Crippen molar-refractivity contribution >= 4 is 21.7 Å². The van der Waals surface area contributed by atoms with Crippen LogP contribution < -0.4 is 20.1 Å². The number of nitrogens with one attached hydrogen (secondary N) is 3. The Kier molecular flexibility index (Phi) is 7.75. The maximum absolute atomic E-state index is 15.4. The van der Waals surface area contributed by atoms with Gasteiger partial charge in [-0.1, -0.05) is 36.4 Å². The molecule has 3 heterocycles. The van der Waals surface area contributed by atoms with Gasteiger partial charge in [-0.05, 0) is 55.3 Å². The summed E-state index contributed by atoms with van der Waals surface area (Å²) in [6.07, 6.45) is 5.26. The first-order chi connectivity index (χ1) is 18.5. The van der Waals surface area contributed by atoms with Crippen LogP contribution >= 0.6 is 0 Å².